The lowest BCUT2D eigenvalue weighted by Crippen LogP contribution is -2.32. The SMILES string of the molecule is NCC(n1cc(Cl)c2ccccc21)C(F)(F)F. The van der Waals surface area contributed by atoms with E-state index in [4.69, 9.17) is 17.3 Å². The molecular formula is C11H10ClF3N2. The van der Waals surface area contributed by atoms with Crippen molar-refractivity contribution in [1.29, 1.82) is 0 Å². The number of nitrogens with zero attached hydrogens (tertiary/aromatic N) is 1. The maximum atomic E-state index is 12.8. The minimum atomic E-state index is -4.39. The molecule has 1 unspecified atom stereocenters. The molecule has 0 bridgehead atoms. The Hall–Kier alpha value is -1.20. The van der Waals surface area contributed by atoms with E-state index in [1.54, 1.807) is 24.3 Å². The Labute approximate surface area is 101 Å². The number of fused-ring (bicyclic) bond motifs is 1. The highest BCUT2D eigenvalue weighted by Crippen LogP contribution is 2.35. The number of hydrogen-bond acceptors (Lipinski definition) is 1. The summed E-state index contributed by atoms with van der Waals surface area (Å²) in [5, 5.41) is 0.889. The van der Waals surface area contributed by atoms with Crippen molar-refractivity contribution in [2.75, 3.05) is 6.54 Å². The smallest absolute Gasteiger partial charge is 0.333 e. The van der Waals surface area contributed by atoms with Crippen molar-refractivity contribution in [1.82, 2.24) is 4.57 Å². The molecule has 0 spiro atoms. The van der Waals surface area contributed by atoms with Crippen LogP contribution in [0.4, 0.5) is 13.2 Å². The topological polar surface area (TPSA) is 30.9 Å². The molecule has 1 heterocycles. The molecule has 0 aliphatic carbocycles. The number of nitrogens with two attached hydrogens (primary N) is 1. The Bertz CT molecular complexity index is 533. The van der Waals surface area contributed by atoms with Crippen LogP contribution in [0, 0.1) is 0 Å². The standard InChI is InChI=1S/C11H10ClF3N2/c12-8-6-17(10(5-16)11(13,14)15)9-4-2-1-3-7(8)9/h1-4,6,10H,5,16H2. The Morgan fingerprint density at radius 2 is 1.94 bits per heavy atom. The molecule has 2 rings (SSSR count). The Morgan fingerprint density at radius 3 is 2.53 bits per heavy atom. The highest BCUT2D eigenvalue weighted by Gasteiger charge is 2.40. The average molecular weight is 263 g/mol. The molecule has 6 heteroatoms. The number of hydrogen-bond donors (Lipinski definition) is 1. The van der Waals surface area contributed by atoms with Crippen molar-refractivity contribution in [3.8, 4) is 0 Å². The first-order valence-electron chi connectivity index (χ1n) is 4.97. The summed E-state index contributed by atoms with van der Waals surface area (Å²) < 4.78 is 39.5. The summed E-state index contributed by atoms with van der Waals surface area (Å²) >= 11 is 5.90. The Balaban J connectivity index is 2.62. The number of benzene rings is 1. The van der Waals surface area contributed by atoms with Crippen LogP contribution in [-0.2, 0) is 0 Å². The van der Waals surface area contributed by atoms with Gasteiger partial charge in [-0.25, -0.2) is 0 Å². The third-order valence-corrected chi connectivity index (χ3v) is 2.93. The molecule has 0 saturated carbocycles. The van der Waals surface area contributed by atoms with Crippen LogP contribution in [0.25, 0.3) is 10.9 Å². The normalized spacial score (nSPS) is 14.2. The minimum absolute atomic E-state index is 0.295. The second kappa shape index (κ2) is 4.23. The zero-order chi connectivity index (χ0) is 12.6. The van der Waals surface area contributed by atoms with Crippen molar-refractivity contribution in [3.63, 3.8) is 0 Å². The van der Waals surface area contributed by atoms with Gasteiger partial charge < -0.3 is 10.3 Å². The Morgan fingerprint density at radius 1 is 1.29 bits per heavy atom. The van der Waals surface area contributed by atoms with E-state index < -0.39 is 18.8 Å². The van der Waals surface area contributed by atoms with Crippen molar-refractivity contribution in [2.45, 2.75) is 12.2 Å². The van der Waals surface area contributed by atoms with Gasteiger partial charge in [-0.2, -0.15) is 13.2 Å². The van der Waals surface area contributed by atoms with E-state index in [0.29, 0.717) is 15.9 Å². The molecule has 1 atom stereocenters. The molecular weight excluding hydrogens is 253 g/mol. The molecule has 0 saturated heterocycles. The quantitative estimate of drug-likeness (QED) is 0.884. The number of para-hydroxylation sites is 1. The summed E-state index contributed by atoms with van der Waals surface area (Å²) in [5.74, 6) is 0. The lowest BCUT2D eigenvalue weighted by molar-refractivity contribution is -0.164. The second-order valence-corrected chi connectivity index (χ2v) is 4.10. The molecule has 1 aromatic carbocycles. The number of rotatable bonds is 2. The van der Waals surface area contributed by atoms with Gasteiger partial charge in [0.2, 0.25) is 0 Å². The summed E-state index contributed by atoms with van der Waals surface area (Å²) in [4.78, 5) is 0. The van der Waals surface area contributed by atoms with E-state index in [9.17, 15) is 13.2 Å². The largest absolute Gasteiger partial charge is 0.410 e. The van der Waals surface area contributed by atoms with Gasteiger partial charge >= 0.3 is 6.18 Å². The molecule has 17 heavy (non-hydrogen) atoms. The highest BCUT2D eigenvalue weighted by molar-refractivity contribution is 6.35. The molecule has 2 aromatic rings. The lowest BCUT2D eigenvalue weighted by atomic mass is 10.2. The van der Waals surface area contributed by atoms with Crippen molar-refractivity contribution >= 4 is 22.5 Å². The van der Waals surface area contributed by atoms with Gasteiger partial charge in [-0.3, -0.25) is 0 Å². The van der Waals surface area contributed by atoms with Crippen LogP contribution in [-0.4, -0.2) is 17.3 Å². The first kappa shape index (κ1) is 12.3. The summed E-state index contributed by atoms with van der Waals surface area (Å²) in [6.45, 7) is -0.515. The maximum absolute atomic E-state index is 12.8. The first-order chi connectivity index (χ1) is 7.95. The van der Waals surface area contributed by atoms with E-state index in [2.05, 4.69) is 0 Å². The number of halogens is 4. The summed E-state index contributed by atoms with van der Waals surface area (Å²) in [6, 6.07) is 4.91. The van der Waals surface area contributed by atoms with Gasteiger partial charge in [-0.05, 0) is 6.07 Å². The van der Waals surface area contributed by atoms with Gasteiger partial charge in [-0.1, -0.05) is 29.8 Å². The minimum Gasteiger partial charge on any atom is -0.333 e. The number of aromatic nitrogens is 1. The molecule has 1 aromatic heterocycles. The van der Waals surface area contributed by atoms with Crippen LogP contribution in [0.3, 0.4) is 0 Å². The predicted molar refractivity (Wildman–Crippen MR) is 61.1 cm³/mol. The third-order valence-electron chi connectivity index (χ3n) is 2.63. The molecule has 92 valence electrons. The molecule has 0 fully saturated rings. The molecule has 2 nitrogen and oxygen atoms in total. The van der Waals surface area contributed by atoms with Gasteiger partial charge in [0, 0.05) is 18.1 Å². The highest BCUT2D eigenvalue weighted by atomic mass is 35.5. The maximum Gasteiger partial charge on any atom is 0.410 e. The van der Waals surface area contributed by atoms with E-state index >= 15 is 0 Å². The fourth-order valence-corrected chi connectivity index (χ4v) is 2.09. The molecule has 2 N–H and O–H groups in total. The van der Waals surface area contributed by atoms with E-state index in [1.165, 1.54) is 6.20 Å². The van der Waals surface area contributed by atoms with E-state index in [0.717, 1.165) is 4.57 Å². The predicted octanol–water partition coefficient (Wildman–Crippen LogP) is 3.36. The van der Waals surface area contributed by atoms with Crippen molar-refractivity contribution in [2.24, 2.45) is 5.73 Å². The monoisotopic (exact) mass is 262 g/mol. The second-order valence-electron chi connectivity index (χ2n) is 3.69. The summed E-state index contributed by atoms with van der Waals surface area (Å²) in [5.41, 5.74) is 5.64. The fourth-order valence-electron chi connectivity index (χ4n) is 1.82. The van der Waals surface area contributed by atoms with Gasteiger partial charge in [0.1, 0.15) is 6.04 Å². The van der Waals surface area contributed by atoms with Gasteiger partial charge in [-0.15, -0.1) is 0 Å². The van der Waals surface area contributed by atoms with Crippen LogP contribution in [0.1, 0.15) is 6.04 Å². The van der Waals surface area contributed by atoms with Crippen molar-refractivity contribution < 1.29 is 13.2 Å². The first-order valence-corrected chi connectivity index (χ1v) is 5.35. The van der Waals surface area contributed by atoms with Crippen LogP contribution in [0.2, 0.25) is 5.02 Å². The summed E-state index contributed by atoms with van der Waals surface area (Å²) in [6.07, 6.45) is -3.11. The van der Waals surface area contributed by atoms with Crippen LogP contribution in [0.5, 0.6) is 0 Å². The summed E-state index contributed by atoms with van der Waals surface area (Å²) in [7, 11) is 0. The zero-order valence-electron chi connectivity index (χ0n) is 8.71. The third kappa shape index (κ3) is 2.12. The van der Waals surface area contributed by atoms with Gasteiger partial charge in [0.25, 0.3) is 0 Å². The zero-order valence-corrected chi connectivity index (χ0v) is 9.46. The van der Waals surface area contributed by atoms with Gasteiger partial charge in [0.05, 0.1) is 10.5 Å². The number of alkyl halides is 3. The molecule has 0 amide bonds. The van der Waals surface area contributed by atoms with E-state index in [1.807, 2.05) is 0 Å². The average Bonchev–Trinajstić information content (AvgIpc) is 2.56. The van der Waals surface area contributed by atoms with Crippen LogP contribution < -0.4 is 5.73 Å². The molecule has 0 aliphatic heterocycles. The van der Waals surface area contributed by atoms with Crippen molar-refractivity contribution in [3.05, 3.63) is 35.5 Å². The molecule has 0 aliphatic rings. The lowest BCUT2D eigenvalue weighted by Gasteiger charge is -2.21. The Kier molecular flexibility index (Phi) is 3.05. The van der Waals surface area contributed by atoms with Gasteiger partial charge in [0.15, 0.2) is 0 Å². The fraction of sp³-hybridized carbons (Fsp3) is 0.273. The van der Waals surface area contributed by atoms with E-state index in [-0.39, 0.29) is 0 Å². The molecule has 0 radical (unpaired) electrons. The van der Waals surface area contributed by atoms with Crippen LogP contribution in [0.15, 0.2) is 30.5 Å². The van der Waals surface area contributed by atoms with Crippen LogP contribution >= 0.6 is 11.6 Å².